The Morgan fingerprint density at radius 1 is 1.22 bits per heavy atom. The number of nitrogens with zero attached hydrogens (tertiary/aromatic N) is 1. The maximum atomic E-state index is 14.2. The molecule has 0 spiro atoms. The fourth-order valence-electron chi connectivity index (χ4n) is 2.30. The molecular formula is C17H19F3N2O. The molecule has 1 aromatic heterocycles. The van der Waals surface area contributed by atoms with Crippen molar-refractivity contribution in [3.05, 3.63) is 53.1 Å². The van der Waals surface area contributed by atoms with Gasteiger partial charge in [-0.05, 0) is 35.2 Å². The van der Waals surface area contributed by atoms with Crippen LogP contribution in [-0.2, 0) is 0 Å². The van der Waals surface area contributed by atoms with E-state index in [-0.39, 0.29) is 35.6 Å². The lowest BCUT2D eigenvalue weighted by Crippen LogP contribution is -2.18. The molecule has 0 aliphatic rings. The second kappa shape index (κ2) is 6.81. The third-order valence-electron chi connectivity index (χ3n) is 3.56. The Morgan fingerprint density at radius 3 is 2.39 bits per heavy atom. The predicted molar refractivity (Wildman–Crippen MR) is 84.2 cm³/mol. The number of halogens is 3. The Labute approximate surface area is 134 Å². The van der Waals surface area contributed by atoms with Crippen molar-refractivity contribution in [1.82, 2.24) is 10.3 Å². The molecule has 2 aromatic rings. The van der Waals surface area contributed by atoms with E-state index in [1.165, 1.54) is 31.4 Å². The zero-order chi connectivity index (χ0) is 17.1. The molecule has 1 amide bonds. The summed E-state index contributed by atoms with van der Waals surface area (Å²) in [5.74, 6) is -1.11. The maximum absolute atomic E-state index is 14.2. The second-order valence-electron chi connectivity index (χ2n) is 5.43. The maximum Gasteiger partial charge on any atom is 0.269 e. The van der Waals surface area contributed by atoms with Crippen molar-refractivity contribution in [2.75, 3.05) is 7.05 Å². The average molecular weight is 324 g/mol. The van der Waals surface area contributed by atoms with E-state index in [4.69, 9.17) is 0 Å². The Kier molecular flexibility index (Phi) is 5.03. The highest BCUT2D eigenvalue weighted by Gasteiger charge is 2.20. The number of carbonyl (C=O) groups is 1. The molecule has 0 aliphatic heterocycles. The van der Waals surface area contributed by atoms with E-state index >= 15 is 0 Å². The lowest BCUT2D eigenvalue weighted by Gasteiger charge is -2.15. The SMILES string of the molecule is CNC(=O)c1ccc(-c2cc(F)c(C(C)C)cc2C(F)F)cn1.[HH]. The van der Waals surface area contributed by atoms with E-state index in [1.807, 2.05) is 0 Å². The number of hydrogen-bond donors (Lipinski definition) is 1. The Hall–Kier alpha value is -2.37. The molecule has 1 aromatic carbocycles. The number of rotatable bonds is 4. The zero-order valence-corrected chi connectivity index (χ0v) is 13.0. The molecule has 0 unspecified atom stereocenters. The van der Waals surface area contributed by atoms with Gasteiger partial charge in [0, 0.05) is 25.8 Å². The first-order valence-corrected chi connectivity index (χ1v) is 7.15. The highest BCUT2D eigenvalue weighted by atomic mass is 19.3. The van der Waals surface area contributed by atoms with Crippen LogP contribution in [0.5, 0.6) is 0 Å². The van der Waals surface area contributed by atoms with Crippen molar-refractivity contribution in [1.29, 1.82) is 0 Å². The zero-order valence-electron chi connectivity index (χ0n) is 13.0. The fourth-order valence-corrected chi connectivity index (χ4v) is 2.30. The van der Waals surface area contributed by atoms with Crippen LogP contribution in [0.1, 0.15) is 49.2 Å². The van der Waals surface area contributed by atoms with Gasteiger partial charge in [0.1, 0.15) is 11.5 Å². The molecular weight excluding hydrogens is 305 g/mol. The number of benzene rings is 1. The van der Waals surface area contributed by atoms with Crippen LogP contribution in [0.25, 0.3) is 11.1 Å². The predicted octanol–water partition coefficient (Wildman–Crippen LogP) is 4.55. The van der Waals surface area contributed by atoms with E-state index in [0.717, 1.165) is 6.07 Å². The van der Waals surface area contributed by atoms with Gasteiger partial charge in [0.2, 0.25) is 0 Å². The molecule has 0 bridgehead atoms. The van der Waals surface area contributed by atoms with Crippen molar-refractivity contribution < 1.29 is 19.4 Å². The van der Waals surface area contributed by atoms with Crippen molar-refractivity contribution in [2.24, 2.45) is 0 Å². The van der Waals surface area contributed by atoms with Crippen LogP contribution in [0.3, 0.4) is 0 Å². The third-order valence-corrected chi connectivity index (χ3v) is 3.56. The number of nitrogens with one attached hydrogen (secondary N) is 1. The summed E-state index contributed by atoms with van der Waals surface area (Å²) in [5.41, 5.74) is 0.581. The summed E-state index contributed by atoms with van der Waals surface area (Å²) < 4.78 is 40.8. The standard InChI is InChI=1S/C17H17F3N2O.H2/c1-9(2)11-6-13(16(19)20)12(7-14(11)18)10-4-5-15(22-8-10)17(23)21-3;/h4-9,16H,1-3H3,(H,21,23);1H. The Balaban J connectivity index is 0.00000288. The average Bonchev–Trinajstić information content (AvgIpc) is 2.53. The van der Waals surface area contributed by atoms with Crippen molar-refractivity contribution >= 4 is 5.91 Å². The van der Waals surface area contributed by atoms with Crippen LogP contribution in [-0.4, -0.2) is 17.9 Å². The summed E-state index contributed by atoms with van der Waals surface area (Å²) >= 11 is 0. The molecule has 23 heavy (non-hydrogen) atoms. The van der Waals surface area contributed by atoms with Gasteiger partial charge in [-0.3, -0.25) is 9.78 Å². The second-order valence-corrected chi connectivity index (χ2v) is 5.43. The number of hydrogen-bond acceptors (Lipinski definition) is 2. The quantitative estimate of drug-likeness (QED) is 0.896. The van der Waals surface area contributed by atoms with E-state index in [0.29, 0.717) is 5.56 Å². The van der Waals surface area contributed by atoms with Crippen molar-refractivity contribution in [3.63, 3.8) is 0 Å². The monoisotopic (exact) mass is 324 g/mol. The molecule has 0 saturated carbocycles. The fraction of sp³-hybridized carbons (Fsp3) is 0.294. The van der Waals surface area contributed by atoms with Crippen LogP contribution in [0.2, 0.25) is 0 Å². The Bertz CT molecular complexity index is 719. The third kappa shape index (κ3) is 3.52. The molecule has 0 saturated heterocycles. The van der Waals surface area contributed by atoms with E-state index in [2.05, 4.69) is 10.3 Å². The van der Waals surface area contributed by atoms with Gasteiger partial charge in [-0.15, -0.1) is 0 Å². The molecule has 124 valence electrons. The molecule has 1 N–H and O–H groups in total. The highest BCUT2D eigenvalue weighted by molar-refractivity contribution is 5.92. The number of carbonyl (C=O) groups excluding carboxylic acids is 1. The smallest absolute Gasteiger partial charge is 0.269 e. The molecule has 0 fully saturated rings. The van der Waals surface area contributed by atoms with Gasteiger partial charge in [0.25, 0.3) is 12.3 Å². The molecule has 6 heteroatoms. The first kappa shape index (κ1) is 17.0. The van der Waals surface area contributed by atoms with Crippen LogP contribution in [0.4, 0.5) is 13.2 Å². The van der Waals surface area contributed by atoms with Crippen LogP contribution in [0, 0.1) is 5.82 Å². The lowest BCUT2D eigenvalue weighted by atomic mass is 9.93. The first-order valence-electron chi connectivity index (χ1n) is 7.15. The molecule has 0 atom stereocenters. The minimum atomic E-state index is -2.73. The summed E-state index contributed by atoms with van der Waals surface area (Å²) in [5, 5.41) is 2.42. The largest absolute Gasteiger partial charge is 0.354 e. The van der Waals surface area contributed by atoms with E-state index < -0.39 is 12.2 Å². The molecule has 0 radical (unpaired) electrons. The van der Waals surface area contributed by atoms with Gasteiger partial charge in [0.15, 0.2) is 0 Å². The minimum absolute atomic E-state index is 0. The minimum Gasteiger partial charge on any atom is -0.354 e. The van der Waals surface area contributed by atoms with E-state index in [1.54, 1.807) is 13.8 Å². The number of amides is 1. The summed E-state index contributed by atoms with van der Waals surface area (Å²) in [6.45, 7) is 3.49. The molecule has 0 aliphatic carbocycles. The van der Waals surface area contributed by atoms with Gasteiger partial charge in [-0.2, -0.15) is 0 Å². The number of alkyl halides is 2. The number of pyridine rings is 1. The van der Waals surface area contributed by atoms with E-state index in [9.17, 15) is 18.0 Å². The first-order chi connectivity index (χ1) is 10.8. The van der Waals surface area contributed by atoms with Gasteiger partial charge in [-0.25, -0.2) is 13.2 Å². The van der Waals surface area contributed by atoms with Crippen LogP contribution in [0.15, 0.2) is 30.5 Å². The van der Waals surface area contributed by atoms with Gasteiger partial charge in [0.05, 0.1) is 0 Å². The van der Waals surface area contributed by atoms with Crippen molar-refractivity contribution in [2.45, 2.75) is 26.2 Å². The highest BCUT2D eigenvalue weighted by Crippen LogP contribution is 2.35. The normalized spacial score (nSPS) is 11.1. The van der Waals surface area contributed by atoms with Gasteiger partial charge >= 0.3 is 0 Å². The summed E-state index contributed by atoms with van der Waals surface area (Å²) in [7, 11) is 1.47. The molecule has 3 nitrogen and oxygen atoms in total. The van der Waals surface area contributed by atoms with Crippen LogP contribution < -0.4 is 5.32 Å². The number of aromatic nitrogens is 1. The molecule has 1 heterocycles. The van der Waals surface area contributed by atoms with Crippen molar-refractivity contribution in [3.8, 4) is 11.1 Å². The lowest BCUT2D eigenvalue weighted by molar-refractivity contribution is 0.0958. The van der Waals surface area contributed by atoms with Gasteiger partial charge < -0.3 is 5.32 Å². The van der Waals surface area contributed by atoms with Crippen LogP contribution >= 0.6 is 0 Å². The van der Waals surface area contributed by atoms with Gasteiger partial charge in [-0.1, -0.05) is 19.9 Å². The summed E-state index contributed by atoms with van der Waals surface area (Å²) in [6, 6.07) is 5.20. The summed E-state index contributed by atoms with van der Waals surface area (Å²) in [4.78, 5) is 15.4. The summed E-state index contributed by atoms with van der Waals surface area (Å²) in [6.07, 6.45) is -1.44. The molecule has 2 rings (SSSR count). The Morgan fingerprint density at radius 2 is 1.91 bits per heavy atom. The topological polar surface area (TPSA) is 42.0 Å².